The van der Waals surface area contributed by atoms with Gasteiger partial charge in [-0.2, -0.15) is 0 Å². The maximum absolute atomic E-state index is 6.79. The molecule has 1 aromatic heterocycles. The summed E-state index contributed by atoms with van der Waals surface area (Å²) in [7, 11) is -0.812. The smallest absolute Gasteiger partial charge is 0.206 e. The van der Waals surface area contributed by atoms with E-state index >= 15 is 0 Å². The molecule has 0 saturated carbocycles. The minimum Gasteiger partial charge on any atom is -0.453 e. The number of nitrogens with zero attached hydrogens (tertiary/aromatic N) is 1. The van der Waals surface area contributed by atoms with E-state index in [4.69, 9.17) is 9.15 Å². The number of fused-ring (bicyclic) bond motifs is 4. The molecule has 0 spiro atoms. The highest BCUT2D eigenvalue weighted by Gasteiger charge is 2.30. The zero-order chi connectivity index (χ0) is 30.5. The van der Waals surface area contributed by atoms with Crippen molar-refractivity contribution >= 4 is 62.8 Å². The molecule has 1 aliphatic heterocycles. The van der Waals surface area contributed by atoms with Gasteiger partial charge < -0.3 is 9.15 Å². The molecule has 218 valence electrons. The van der Waals surface area contributed by atoms with Crippen LogP contribution in [-0.4, -0.2) is 0 Å². The number of para-hydroxylation sites is 2. The van der Waals surface area contributed by atoms with Crippen molar-refractivity contribution < 1.29 is 9.15 Å². The molecule has 3 nitrogen and oxygen atoms in total. The van der Waals surface area contributed by atoms with Crippen LogP contribution in [0.25, 0.3) is 32.9 Å². The van der Waals surface area contributed by atoms with Crippen molar-refractivity contribution in [2.75, 3.05) is 4.90 Å². The molecule has 8 aromatic rings. The van der Waals surface area contributed by atoms with Crippen LogP contribution in [0, 0.1) is 0 Å². The van der Waals surface area contributed by atoms with E-state index in [0.717, 1.165) is 50.5 Å². The van der Waals surface area contributed by atoms with Gasteiger partial charge in [-0.15, -0.1) is 0 Å². The topological polar surface area (TPSA) is 25.6 Å². The predicted molar refractivity (Wildman–Crippen MR) is 193 cm³/mol. The SMILES string of the molecule is c1ccc(-c2cccc3cc4c(cc23)N(c2cc3c(P(c5ccccc5)c5ccccc5)cccc3o2)c2ccccc2O4)cc1. The fourth-order valence-electron chi connectivity index (χ4n) is 6.55. The number of anilines is 3. The Hall–Kier alpha value is -5.63. The summed E-state index contributed by atoms with van der Waals surface area (Å²) in [4.78, 5) is 2.21. The van der Waals surface area contributed by atoms with Crippen LogP contribution >= 0.6 is 7.92 Å². The molecule has 0 amide bonds. The number of hydrogen-bond donors (Lipinski definition) is 0. The summed E-state index contributed by atoms with van der Waals surface area (Å²) < 4.78 is 13.3. The molecule has 7 aromatic carbocycles. The zero-order valence-corrected chi connectivity index (χ0v) is 25.8. The molecule has 4 heteroatoms. The molecule has 0 bridgehead atoms. The second-order valence-corrected chi connectivity index (χ2v) is 13.6. The van der Waals surface area contributed by atoms with Gasteiger partial charge in [-0.1, -0.05) is 133 Å². The van der Waals surface area contributed by atoms with E-state index in [2.05, 4.69) is 163 Å². The summed E-state index contributed by atoms with van der Waals surface area (Å²) in [6, 6.07) is 59.9. The average molecular weight is 610 g/mol. The first-order chi connectivity index (χ1) is 22.8. The maximum Gasteiger partial charge on any atom is 0.206 e. The molecule has 2 heterocycles. The Morgan fingerprint density at radius 2 is 1.15 bits per heavy atom. The van der Waals surface area contributed by atoms with E-state index in [0.29, 0.717) is 0 Å². The lowest BCUT2D eigenvalue weighted by Gasteiger charge is -2.31. The third kappa shape index (κ3) is 4.48. The van der Waals surface area contributed by atoms with Gasteiger partial charge in [-0.25, -0.2) is 0 Å². The van der Waals surface area contributed by atoms with E-state index in [1.807, 2.05) is 12.1 Å². The Labute approximate surface area is 268 Å². The van der Waals surface area contributed by atoms with E-state index in [1.165, 1.54) is 27.0 Å². The fourth-order valence-corrected chi connectivity index (χ4v) is 9.00. The Balaban J connectivity index is 1.26. The lowest BCUT2D eigenvalue weighted by Crippen LogP contribution is -2.20. The molecule has 0 fully saturated rings. The number of hydrogen-bond acceptors (Lipinski definition) is 3. The second-order valence-electron chi connectivity index (χ2n) is 11.4. The Morgan fingerprint density at radius 1 is 0.478 bits per heavy atom. The van der Waals surface area contributed by atoms with Gasteiger partial charge in [-0.3, -0.25) is 4.90 Å². The number of rotatable bonds is 5. The summed E-state index contributed by atoms with van der Waals surface area (Å²) in [5, 5.41) is 7.29. The van der Waals surface area contributed by atoms with Gasteiger partial charge in [0.2, 0.25) is 5.88 Å². The van der Waals surface area contributed by atoms with Crippen molar-refractivity contribution in [2.45, 2.75) is 0 Å². The number of benzene rings is 7. The van der Waals surface area contributed by atoms with Crippen LogP contribution in [0.3, 0.4) is 0 Å². The first-order valence-corrected chi connectivity index (χ1v) is 16.8. The Kier molecular flexibility index (Phi) is 6.43. The molecule has 0 radical (unpaired) electrons. The second kappa shape index (κ2) is 11.1. The summed E-state index contributed by atoms with van der Waals surface area (Å²) in [6.45, 7) is 0. The molecule has 0 aliphatic carbocycles. The highest BCUT2D eigenvalue weighted by atomic mass is 31.1. The van der Waals surface area contributed by atoms with Crippen LogP contribution in [-0.2, 0) is 0 Å². The Morgan fingerprint density at radius 3 is 1.91 bits per heavy atom. The van der Waals surface area contributed by atoms with Gasteiger partial charge in [0.15, 0.2) is 11.5 Å². The summed E-state index contributed by atoms with van der Waals surface area (Å²) in [6.07, 6.45) is 0. The standard InChI is InChI=1S/C42H28NO2P/c1-4-14-29(15-5-1)33-21-12-16-30-26-40-37(27-34(30)33)43(36-22-10-11-23-39(36)44-40)42-28-35-38(45-42)24-13-25-41(35)46(31-17-6-2-7-18-31)32-19-8-3-9-20-32/h1-28H. The van der Waals surface area contributed by atoms with Gasteiger partial charge >= 0.3 is 0 Å². The van der Waals surface area contributed by atoms with Crippen LogP contribution in [0.5, 0.6) is 11.5 Å². The number of ether oxygens (including phenoxy) is 1. The minimum absolute atomic E-state index is 0.757. The van der Waals surface area contributed by atoms with Gasteiger partial charge in [0.25, 0.3) is 0 Å². The van der Waals surface area contributed by atoms with Crippen LogP contribution in [0.1, 0.15) is 0 Å². The van der Waals surface area contributed by atoms with E-state index in [-0.39, 0.29) is 0 Å². The monoisotopic (exact) mass is 609 g/mol. The largest absolute Gasteiger partial charge is 0.453 e. The third-order valence-electron chi connectivity index (χ3n) is 8.63. The molecule has 0 unspecified atom stereocenters. The highest BCUT2D eigenvalue weighted by molar-refractivity contribution is 7.80. The molecule has 46 heavy (non-hydrogen) atoms. The molecular weight excluding hydrogens is 581 g/mol. The molecule has 1 aliphatic rings. The van der Waals surface area contributed by atoms with Gasteiger partial charge in [0.1, 0.15) is 5.58 Å². The fraction of sp³-hybridized carbons (Fsp3) is 0. The quantitative estimate of drug-likeness (QED) is 0.182. The predicted octanol–water partition coefficient (Wildman–Crippen LogP) is 10.6. The summed E-state index contributed by atoms with van der Waals surface area (Å²) >= 11 is 0. The molecule has 0 N–H and O–H groups in total. The van der Waals surface area contributed by atoms with Crippen molar-refractivity contribution in [2.24, 2.45) is 0 Å². The summed E-state index contributed by atoms with van der Waals surface area (Å²) in [5.41, 5.74) is 5.12. The van der Waals surface area contributed by atoms with Crippen molar-refractivity contribution in [1.29, 1.82) is 0 Å². The van der Waals surface area contributed by atoms with Crippen molar-refractivity contribution in [3.63, 3.8) is 0 Å². The summed E-state index contributed by atoms with van der Waals surface area (Å²) in [5.74, 6) is 2.35. The molecule has 0 atom stereocenters. The first-order valence-electron chi connectivity index (χ1n) is 15.4. The van der Waals surface area contributed by atoms with Crippen LogP contribution in [0.4, 0.5) is 17.3 Å². The van der Waals surface area contributed by atoms with E-state index in [9.17, 15) is 0 Å². The average Bonchev–Trinajstić information content (AvgIpc) is 3.56. The van der Waals surface area contributed by atoms with Gasteiger partial charge in [0.05, 0.1) is 11.4 Å². The molecule has 9 rings (SSSR count). The lowest BCUT2D eigenvalue weighted by molar-refractivity contribution is 0.474. The normalized spacial score (nSPS) is 12.2. The highest BCUT2D eigenvalue weighted by Crippen LogP contribution is 2.53. The van der Waals surface area contributed by atoms with Crippen LogP contribution < -0.4 is 25.6 Å². The van der Waals surface area contributed by atoms with E-state index in [1.54, 1.807) is 0 Å². The molecule has 0 saturated heterocycles. The lowest BCUT2D eigenvalue weighted by atomic mass is 9.97. The van der Waals surface area contributed by atoms with Crippen LogP contribution in [0.15, 0.2) is 174 Å². The van der Waals surface area contributed by atoms with Crippen molar-refractivity contribution in [3.8, 4) is 22.6 Å². The van der Waals surface area contributed by atoms with E-state index < -0.39 is 7.92 Å². The van der Waals surface area contributed by atoms with Crippen molar-refractivity contribution in [1.82, 2.24) is 0 Å². The van der Waals surface area contributed by atoms with Gasteiger partial charge in [0, 0.05) is 11.5 Å². The Bertz CT molecular complexity index is 2310. The molecular formula is C42H28NO2P. The third-order valence-corrected chi connectivity index (χ3v) is 11.1. The first kappa shape index (κ1) is 26.7. The number of furan rings is 1. The van der Waals surface area contributed by atoms with Crippen LogP contribution in [0.2, 0.25) is 0 Å². The minimum atomic E-state index is -0.812. The maximum atomic E-state index is 6.79. The van der Waals surface area contributed by atoms with Gasteiger partial charge in [-0.05, 0) is 76.1 Å². The zero-order valence-electron chi connectivity index (χ0n) is 24.9. The van der Waals surface area contributed by atoms with Crippen molar-refractivity contribution in [3.05, 3.63) is 170 Å².